The number of fused-ring (bicyclic) bond motifs is 1. The highest BCUT2D eigenvalue weighted by molar-refractivity contribution is 5.69. The Morgan fingerprint density at radius 2 is 2.08 bits per heavy atom. The van der Waals surface area contributed by atoms with E-state index in [0.717, 1.165) is 51.4 Å². The van der Waals surface area contributed by atoms with Gasteiger partial charge < -0.3 is 9.84 Å². The number of unbranched alkanes of at least 4 members (excludes halogenated alkanes) is 2. The summed E-state index contributed by atoms with van der Waals surface area (Å²) in [6.07, 6.45) is 10.1. The molecule has 1 saturated carbocycles. The zero-order valence-corrected chi connectivity index (χ0v) is 15.5. The number of rotatable bonds is 7. The zero-order chi connectivity index (χ0) is 17.6. The van der Waals surface area contributed by atoms with E-state index in [1.165, 1.54) is 23.1 Å². The Labute approximate surface area is 151 Å². The van der Waals surface area contributed by atoms with E-state index < -0.39 is 0 Å². The number of ether oxygens (including phenoxy) is 1. The van der Waals surface area contributed by atoms with E-state index in [1.807, 2.05) is 0 Å². The van der Waals surface area contributed by atoms with Crippen LogP contribution in [0.15, 0.2) is 18.2 Å². The van der Waals surface area contributed by atoms with E-state index in [9.17, 15) is 9.90 Å². The topological polar surface area (TPSA) is 46.5 Å². The first-order valence-electron chi connectivity index (χ1n) is 10.1. The molecule has 1 fully saturated rings. The first-order valence-corrected chi connectivity index (χ1v) is 10.1. The number of carbonyl (C=O) groups excluding carboxylic acids is 1. The van der Waals surface area contributed by atoms with E-state index >= 15 is 0 Å². The molecule has 3 unspecified atom stereocenters. The van der Waals surface area contributed by atoms with Crippen LogP contribution < -0.4 is 0 Å². The Morgan fingerprint density at radius 3 is 2.84 bits per heavy atom. The molecule has 1 N–H and O–H groups in total. The van der Waals surface area contributed by atoms with Crippen LogP contribution in [0.4, 0.5) is 0 Å². The highest BCUT2D eigenvalue weighted by atomic mass is 16.5. The SMILES string of the molecule is CCCCCC(=O)OC1CCc2cc(C3CCC(CO)C3)ccc2C1. The number of hydrogen-bond donors (Lipinski definition) is 1. The van der Waals surface area contributed by atoms with Crippen molar-refractivity contribution < 1.29 is 14.6 Å². The fourth-order valence-electron chi connectivity index (χ4n) is 4.40. The van der Waals surface area contributed by atoms with Crippen LogP contribution in [-0.2, 0) is 22.4 Å². The van der Waals surface area contributed by atoms with E-state index in [-0.39, 0.29) is 12.1 Å². The van der Waals surface area contributed by atoms with Gasteiger partial charge in [0.2, 0.25) is 0 Å². The minimum absolute atomic E-state index is 0.0282. The average molecular weight is 344 g/mol. The maximum Gasteiger partial charge on any atom is 0.306 e. The van der Waals surface area contributed by atoms with Crippen LogP contribution in [0.5, 0.6) is 0 Å². The smallest absolute Gasteiger partial charge is 0.306 e. The molecule has 3 nitrogen and oxygen atoms in total. The maximum absolute atomic E-state index is 11.9. The van der Waals surface area contributed by atoms with Crippen molar-refractivity contribution in [2.75, 3.05) is 6.61 Å². The molecule has 2 aliphatic rings. The molecule has 3 heteroatoms. The fraction of sp³-hybridized carbons (Fsp3) is 0.682. The highest BCUT2D eigenvalue weighted by Gasteiger charge is 2.27. The molecule has 0 radical (unpaired) electrons. The normalized spacial score (nSPS) is 25.6. The van der Waals surface area contributed by atoms with Crippen molar-refractivity contribution in [1.29, 1.82) is 0 Å². The Balaban J connectivity index is 1.55. The second-order valence-electron chi connectivity index (χ2n) is 7.90. The van der Waals surface area contributed by atoms with Gasteiger partial charge in [0, 0.05) is 19.4 Å². The molecule has 138 valence electrons. The molecule has 0 aliphatic heterocycles. The molecule has 25 heavy (non-hydrogen) atoms. The number of benzene rings is 1. The van der Waals surface area contributed by atoms with Crippen LogP contribution in [0.2, 0.25) is 0 Å². The lowest BCUT2D eigenvalue weighted by Crippen LogP contribution is -2.25. The third-order valence-corrected chi connectivity index (χ3v) is 5.97. The summed E-state index contributed by atoms with van der Waals surface area (Å²) < 4.78 is 5.69. The molecule has 1 aromatic rings. The van der Waals surface area contributed by atoms with E-state index in [1.54, 1.807) is 0 Å². The van der Waals surface area contributed by atoms with Crippen LogP contribution in [-0.4, -0.2) is 23.8 Å². The van der Waals surface area contributed by atoms with Gasteiger partial charge in [-0.25, -0.2) is 0 Å². The van der Waals surface area contributed by atoms with Gasteiger partial charge in [-0.3, -0.25) is 4.79 Å². The lowest BCUT2D eigenvalue weighted by molar-refractivity contribution is -0.149. The molecular weight excluding hydrogens is 312 g/mol. The summed E-state index contributed by atoms with van der Waals surface area (Å²) in [5.74, 6) is 1.06. The van der Waals surface area contributed by atoms with E-state index in [0.29, 0.717) is 24.9 Å². The molecule has 1 aromatic carbocycles. The lowest BCUT2D eigenvalue weighted by Gasteiger charge is -2.26. The van der Waals surface area contributed by atoms with Crippen molar-refractivity contribution in [1.82, 2.24) is 0 Å². The molecule has 0 spiro atoms. The van der Waals surface area contributed by atoms with Crippen LogP contribution in [0.1, 0.15) is 80.9 Å². The van der Waals surface area contributed by atoms with Crippen LogP contribution in [0.25, 0.3) is 0 Å². The Hall–Kier alpha value is -1.35. The predicted octanol–water partition coefficient (Wildman–Crippen LogP) is 4.54. The van der Waals surface area contributed by atoms with Gasteiger partial charge in [-0.2, -0.15) is 0 Å². The van der Waals surface area contributed by atoms with Crippen molar-refractivity contribution in [3.63, 3.8) is 0 Å². The van der Waals surface area contributed by atoms with Crippen molar-refractivity contribution in [3.8, 4) is 0 Å². The van der Waals surface area contributed by atoms with Gasteiger partial charge in [-0.15, -0.1) is 0 Å². The predicted molar refractivity (Wildman–Crippen MR) is 99.7 cm³/mol. The third-order valence-electron chi connectivity index (χ3n) is 5.97. The lowest BCUT2D eigenvalue weighted by atomic mass is 9.85. The van der Waals surface area contributed by atoms with Crippen LogP contribution >= 0.6 is 0 Å². The maximum atomic E-state index is 11.9. The number of aliphatic hydroxyl groups is 1. The van der Waals surface area contributed by atoms with Gasteiger partial charge in [-0.05, 0) is 67.1 Å². The average Bonchev–Trinajstić information content (AvgIpc) is 3.11. The Bertz CT molecular complexity index is 581. The quantitative estimate of drug-likeness (QED) is 0.583. The minimum Gasteiger partial charge on any atom is -0.462 e. The van der Waals surface area contributed by atoms with Gasteiger partial charge in [0.05, 0.1) is 0 Å². The summed E-state index contributed by atoms with van der Waals surface area (Å²) in [5, 5.41) is 9.35. The first-order chi connectivity index (χ1) is 12.2. The second kappa shape index (κ2) is 8.84. The summed E-state index contributed by atoms with van der Waals surface area (Å²) >= 11 is 0. The van der Waals surface area contributed by atoms with Gasteiger partial charge in [0.25, 0.3) is 0 Å². The van der Waals surface area contributed by atoms with Crippen molar-refractivity contribution in [2.45, 2.75) is 83.2 Å². The monoisotopic (exact) mass is 344 g/mol. The van der Waals surface area contributed by atoms with Crippen molar-refractivity contribution in [2.24, 2.45) is 5.92 Å². The molecule has 0 bridgehead atoms. The minimum atomic E-state index is -0.0282. The van der Waals surface area contributed by atoms with E-state index in [4.69, 9.17) is 4.74 Å². The number of carbonyl (C=O) groups is 1. The van der Waals surface area contributed by atoms with Crippen molar-refractivity contribution in [3.05, 3.63) is 34.9 Å². The third kappa shape index (κ3) is 4.84. The molecule has 3 rings (SSSR count). The summed E-state index contributed by atoms with van der Waals surface area (Å²) in [7, 11) is 0. The fourth-order valence-corrected chi connectivity index (χ4v) is 4.40. The van der Waals surface area contributed by atoms with Crippen LogP contribution in [0, 0.1) is 5.92 Å². The molecule has 2 aliphatic carbocycles. The van der Waals surface area contributed by atoms with Gasteiger partial charge in [0.1, 0.15) is 6.10 Å². The molecule has 0 heterocycles. The first kappa shape index (κ1) is 18.4. The number of hydrogen-bond acceptors (Lipinski definition) is 3. The number of aryl methyl sites for hydroxylation is 1. The molecule has 0 aromatic heterocycles. The highest BCUT2D eigenvalue weighted by Crippen LogP contribution is 2.39. The molecular formula is C22H32O3. The number of esters is 1. The summed E-state index contributed by atoms with van der Waals surface area (Å²) in [5.41, 5.74) is 4.21. The summed E-state index contributed by atoms with van der Waals surface area (Å²) in [6, 6.07) is 6.88. The van der Waals surface area contributed by atoms with Gasteiger partial charge in [0.15, 0.2) is 0 Å². The standard InChI is InChI=1S/C22H32O3/c1-2-3-4-5-22(24)25-21-11-10-19-13-18(8-9-20(19)14-21)17-7-6-16(12-17)15-23/h8-9,13,16-17,21,23H,2-7,10-12,14-15H2,1H3. The molecule has 3 atom stereocenters. The van der Waals surface area contributed by atoms with Crippen molar-refractivity contribution >= 4 is 5.97 Å². The number of aliphatic hydroxyl groups excluding tert-OH is 1. The summed E-state index contributed by atoms with van der Waals surface area (Å²) in [6.45, 7) is 2.47. The van der Waals surface area contributed by atoms with Crippen LogP contribution in [0.3, 0.4) is 0 Å². The largest absolute Gasteiger partial charge is 0.462 e. The Morgan fingerprint density at radius 1 is 1.20 bits per heavy atom. The van der Waals surface area contributed by atoms with Gasteiger partial charge in [-0.1, -0.05) is 38.0 Å². The van der Waals surface area contributed by atoms with Gasteiger partial charge >= 0.3 is 5.97 Å². The second-order valence-corrected chi connectivity index (χ2v) is 7.90. The van der Waals surface area contributed by atoms with E-state index in [2.05, 4.69) is 25.1 Å². The Kier molecular flexibility index (Phi) is 6.52. The zero-order valence-electron chi connectivity index (χ0n) is 15.5. The summed E-state index contributed by atoms with van der Waals surface area (Å²) in [4.78, 5) is 11.9. The molecule has 0 saturated heterocycles. The molecule has 0 amide bonds.